The molecule has 0 saturated carbocycles. The molecule has 1 aromatic carbocycles. The largest absolute Gasteiger partial charge is 0.315 e. The van der Waals surface area contributed by atoms with Crippen molar-refractivity contribution in [3.63, 3.8) is 0 Å². The van der Waals surface area contributed by atoms with E-state index in [-0.39, 0.29) is 17.2 Å². The second-order valence-electron chi connectivity index (χ2n) is 7.15. The van der Waals surface area contributed by atoms with Crippen molar-refractivity contribution >= 4 is 27.3 Å². The van der Waals surface area contributed by atoms with Gasteiger partial charge in [-0.15, -0.1) is 0 Å². The molecule has 0 radical (unpaired) electrons. The molecule has 0 spiro atoms. The standard InChI is InChI=1S/C21H18N4O3S/c1-24-19-6-5-15(10-14(19)11-21(24)26)29(27,28)25-9-7-16-17(12-22-13-20(16)25)18-4-2-3-8-23-18/h2-6,8,10,12-13H,7,9,11H2,1H3. The van der Waals surface area contributed by atoms with E-state index in [0.29, 0.717) is 18.7 Å². The lowest BCUT2D eigenvalue weighted by molar-refractivity contribution is -0.117. The van der Waals surface area contributed by atoms with Crippen LogP contribution in [0.25, 0.3) is 11.3 Å². The van der Waals surface area contributed by atoms with E-state index < -0.39 is 10.0 Å². The monoisotopic (exact) mass is 406 g/mol. The molecule has 0 bridgehead atoms. The van der Waals surface area contributed by atoms with E-state index in [1.165, 1.54) is 4.31 Å². The van der Waals surface area contributed by atoms with Crippen molar-refractivity contribution in [1.29, 1.82) is 0 Å². The van der Waals surface area contributed by atoms with Crippen LogP contribution in [-0.2, 0) is 27.7 Å². The Morgan fingerprint density at radius 1 is 1.07 bits per heavy atom. The number of rotatable bonds is 3. The molecule has 2 aliphatic rings. The van der Waals surface area contributed by atoms with Gasteiger partial charge in [0.05, 0.1) is 28.9 Å². The summed E-state index contributed by atoms with van der Waals surface area (Å²) in [6.45, 7) is 0.346. The van der Waals surface area contributed by atoms with E-state index in [1.54, 1.807) is 48.7 Å². The molecule has 3 aromatic rings. The molecule has 2 aromatic heterocycles. The van der Waals surface area contributed by atoms with Gasteiger partial charge in [-0.3, -0.25) is 19.1 Å². The Hall–Kier alpha value is -3.26. The first-order chi connectivity index (χ1) is 14.0. The third kappa shape index (κ3) is 2.71. The van der Waals surface area contributed by atoms with Crippen LogP contribution in [0.2, 0.25) is 0 Å². The summed E-state index contributed by atoms with van der Waals surface area (Å²) in [7, 11) is -2.07. The summed E-state index contributed by atoms with van der Waals surface area (Å²) in [5, 5.41) is 0. The number of sulfonamides is 1. The number of anilines is 2. The topological polar surface area (TPSA) is 83.5 Å². The molecule has 8 heteroatoms. The number of hydrogen-bond donors (Lipinski definition) is 0. The molecule has 0 unspecified atom stereocenters. The minimum Gasteiger partial charge on any atom is -0.315 e. The van der Waals surface area contributed by atoms with Gasteiger partial charge >= 0.3 is 0 Å². The minimum atomic E-state index is -3.76. The summed E-state index contributed by atoms with van der Waals surface area (Å²) in [6.07, 6.45) is 5.85. The van der Waals surface area contributed by atoms with Crippen molar-refractivity contribution in [2.45, 2.75) is 17.7 Å². The Kier molecular flexibility index (Phi) is 3.92. The van der Waals surface area contributed by atoms with Gasteiger partial charge < -0.3 is 4.90 Å². The highest BCUT2D eigenvalue weighted by atomic mass is 32.2. The first-order valence-corrected chi connectivity index (χ1v) is 10.7. The highest BCUT2D eigenvalue weighted by Crippen LogP contribution is 2.38. The minimum absolute atomic E-state index is 0.0368. The average Bonchev–Trinajstić information content (AvgIpc) is 3.30. The molecule has 29 heavy (non-hydrogen) atoms. The summed E-state index contributed by atoms with van der Waals surface area (Å²) in [5.41, 5.74) is 4.63. The molecular formula is C21H18N4O3S. The molecule has 2 aliphatic heterocycles. The Labute approximate surface area is 168 Å². The molecule has 0 N–H and O–H groups in total. The van der Waals surface area contributed by atoms with Gasteiger partial charge in [-0.1, -0.05) is 6.07 Å². The van der Waals surface area contributed by atoms with Crippen molar-refractivity contribution in [1.82, 2.24) is 9.97 Å². The van der Waals surface area contributed by atoms with Gasteiger partial charge in [0.1, 0.15) is 0 Å². The quantitative estimate of drug-likeness (QED) is 0.667. The zero-order chi connectivity index (χ0) is 20.2. The fourth-order valence-electron chi connectivity index (χ4n) is 4.01. The molecule has 5 rings (SSSR count). The van der Waals surface area contributed by atoms with Gasteiger partial charge in [-0.2, -0.15) is 0 Å². The molecular weight excluding hydrogens is 388 g/mol. The van der Waals surface area contributed by atoms with Gasteiger partial charge in [0.15, 0.2) is 0 Å². The van der Waals surface area contributed by atoms with E-state index >= 15 is 0 Å². The summed E-state index contributed by atoms with van der Waals surface area (Å²) in [6, 6.07) is 10.5. The molecule has 1 amide bonds. The zero-order valence-electron chi connectivity index (χ0n) is 15.7. The predicted molar refractivity (Wildman–Crippen MR) is 109 cm³/mol. The number of amides is 1. The molecule has 146 valence electrons. The number of fused-ring (bicyclic) bond motifs is 2. The number of likely N-dealkylation sites (N-methyl/N-ethyl adjacent to an activating group) is 1. The van der Waals surface area contributed by atoms with Gasteiger partial charge in [0, 0.05) is 37.2 Å². The summed E-state index contributed by atoms with van der Waals surface area (Å²) >= 11 is 0. The Morgan fingerprint density at radius 3 is 2.72 bits per heavy atom. The lowest BCUT2D eigenvalue weighted by atomic mass is 10.0. The summed E-state index contributed by atoms with van der Waals surface area (Å²) in [5.74, 6) is -0.0368. The fraction of sp³-hybridized carbons (Fsp3) is 0.190. The summed E-state index contributed by atoms with van der Waals surface area (Å²) in [4.78, 5) is 22.3. The normalized spacial score (nSPS) is 15.6. The Bertz CT molecular complexity index is 1240. The highest BCUT2D eigenvalue weighted by molar-refractivity contribution is 7.92. The predicted octanol–water partition coefficient (Wildman–Crippen LogP) is 2.41. The van der Waals surface area contributed by atoms with Crippen molar-refractivity contribution in [2.75, 3.05) is 22.8 Å². The van der Waals surface area contributed by atoms with E-state index in [0.717, 1.165) is 28.1 Å². The number of carbonyl (C=O) groups is 1. The average molecular weight is 406 g/mol. The van der Waals surface area contributed by atoms with Crippen molar-refractivity contribution in [2.24, 2.45) is 0 Å². The van der Waals surface area contributed by atoms with Crippen LogP contribution < -0.4 is 9.21 Å². The first-order valence-electron chi connectivity index (χ1n) is 9.27. The number of pyridine rings is 2. The van der Waals surface area contributed by atoms with Crippen molar-refractivity contribution in [3.8, 4) is 11.3 Å². The van der Waals surface area contributed by atoms with Crippen LogP contribution in [0.15, 0.2) is 59.9 Å². The van der Waals surface area contributed by atoms with E-state index in [4.69, 9.17) is 0 Å². The third-order valence-corrected chi connectivity index (χ3v) is 7.33. The van der Waals surface area contributed by atoms with Gasteiger partial charge in [0.25, 0.3) is 10.0 Å². The maximum atomic E-state index is 13.4. The van der Waals surface area contributed by atoms with Crippen LogP contribution in [0.4, 0.5) is 11.4 Å². The van der Waals surface area contributed by atoms with Gasteiger partial charge in [0.2, 0.25) is 5.91 Å². The zero-order valence-corrected chi connectivity index (χ0v) is 16.6. The number of aromatic nitrogens is 2. The van der Waals surface area contributed by atoms with Crippen LogP contribution in [0.5, 0.6) is 0 Å². The van der Waals surface area contributed by atoms with Crippen LogP contribution in [0.1, 0.15) is 11.1 Å². The van der Waals surface area contributed by atoms with Gasteiger partial charge in [-0.05, 0) is 47.9 Å². The van der Waals surface area contributed by atoms with E-state index in [2.05, 4.69) is 9.97 Å². The fourth-order valence-corrected chi connectivity index (χ4v) is 5.55. The van der Waals surface area contributed by atoms with E-state index in [1.807, 2.05) is 18.2 Å². The van der Waals surface area contributed by atoms with Crippen LogP contribution in [-0.4, -0.2) is 37.9 Å². The highest BCUT2D eigenvalue weighted by Gasteiger charge is 2.34. The number of benzene rings is 1. The second-order valence-corrected chi connectivity index (χ2v) is 9.01. The number of hydrogen-bond acceptors (Lipinski definition) is 5. The van der Waals surface area contributed by atoms with Gasteiger partial charge in [-0.25, -0.2) is 8.42 Å². The van der Waals surface area contributed by atoms with Crippen LogP contribution in [0.3, 0.4) is 0 Å². The van der Waals surface area contributed by atoms with Crippen LogP contribution >= 0.6 is 0 Å². The van der Waals surface area contributed by atoms with Crippen molar-refractivity contribution in [3.05, 3.63) is 66.1 Å². The smallest absolute Gasteiger partial charge is 0.264 e. The number of carbonyl (C=O) groups excluding carboxylic acids is 1. The number of nitrogens with zero attached hydrogens (tertiary/aromatic N) is 4. The summed E-state index contributed by atoms with van der Waals surface area (Å²) < 4.78 is 28.2. The SMILES string of the molecule is CN1C(=O)Cc2cc(S(=O)(=O)N3CCc4c(-c5ccccn5)cncc43)ccc21. The van der Waals surface area contributed by atoms with E-state index in [9.17, 15) is 13.2 Å². The maximum Gasteiger partial charge on any atom is 0.264 e. The molecule has 0 aliphatic carbocycles. The van der Waals surface area contributed by atoms with Crippen molar-refractivity contribution < 1.29 is 13.2 Å². The molecule has 4 heterocycles. The lowest BCUT2D eigenvalue weighted by Crippen LogP contribution is -2.29. The molecule has 0 saturated heterocycles. The maximum absolute atomic E-state index is 13.4. The Balaban J connectivity index is 1.56. The lowest BCUT2D eigenvalue weighted by Gasteiger charge is -2.20. The molecule has 7 nitrogen and oxygen atoms in total. The molecule has 0 fully saturated rings. The third-order valence-electron chi connectivity index (χ3n) is 5.53. The molecule has 0 atom stereocenters. The first kappa shape index (κ1) is 17.8. The Morgan fingerprint density at radius 2 is 1.93 bits per heavy atom. The van der Waals surface area contributed by atoms with Crippen LogP contribution in [0, 0.1) is 0 Å². The second kappa shape index (κ2) is 6.38.